The van der Waals surface area contributed by atoms with Gasteiger partial charge in [0.2, 0.25) is 0 Å². The van der Waals surface area contributed by atoms with E-state index in [4.69, 9.17) is 0 Å². The van der Waals surface area contributed by atoms with E-state index >= 15 is 0 Å². The molecule has 0 amide bonds. The van der Waals surface area contributed by atoms with Crippen molar-refractivity contribution in [1.82, 2.24) is 4.98 Å². The zero-order chi connectivity index (χ0) is 15.4. The number of benzene rings is 1. The average molecular weight is 297 g/mol. The second kappa shape index (κ2) is 6.56. The fourth-order valence-corrected chi connectivity index (χ4v) is 3.16. The van der Waals surface area contributed by atoms with Crippen LogP contribution in [0, 0.1) is 16.0 Å². The van der Waals surface area contributed by atoms with E-state index in [0.29, 0.717) is 11.7 Å². The highest BCUT2D eigenvalue weighted by Gasteiger charge is 2.26. The van der Waals surface area contributed by atoms with Gasteiger partial charge in [0.1, 0.15) is 12.0 Å². The summed E-state index contributed by atoms with van der Waals surface area (Å²) in [5.41, 5.74) is 1.26. The molecule has 22 heavy (non-hydrogen) atoms. The summed E-state index contributed by atoms with van der Waals surface area (Å²) < 4.78 is 0. The highest BCUT2D eigenvalue weighted by molar-refractivity contribution is 5.43. The van der Waals surface area contributed by atoms with Gasteiger partial charge in [-0.15, -0.1) is 0 Å². The topological polar surface area (TPSA) is 68.1 Å². The van der Waals surface area contributed by atoms with Crippen LogP contribution < -0.4 is 5.32 Å². The molecule has 1 aromatic carbocycles. The van der Waals surface area contributed by atoms with Crippen LogP contribution in [0.1, 0.15) is 37.3 Å². The molecule has 0 spiro atoms. The SMILES string of the molecule is O=[N+]([O-])c1ccc(NC(c2ccccc2)C2CCCC2)nc1. The van der Waals surface area contributed by atoms with E-state index in [-0.39, 0.29) is 11.7 Å². The molecular weight excluding hydrogens is 278 g/mol. The lowest BCUT2D eigenvalue weighted by Crippen LogP contribution is -2.19. The van der Waals surface area contributed by atoms with Crippen LogP contribution in [0.25, 0.3) is 0 Å². The summed E-state index contributed by atoms with van der Waals surface area (Å²) in [6.07, 6.45) is 6.25. The Morgan fingerprint density at radius 2 is 1.86 bits per heavy atom. The zero-order valence-electron chi connectivity index (χ0n) is 12.3. The van der Waals surface area contributed by atoms with Gasteiger partial charge in [-0.1, -0.05) is 43.2 Å². The van der Waals surface area contributed by atoms with Gasteiger partial charge in [-0.3, -0.25) is 10.1 Å². The van der Waals surface area contributed by atoms with E-state index in [1.165, 1.54) is 43.5 Å². The summed E-state index contributed by atoms with van der Waals surface area (Å²) in [6.45, 7) is 0. The molecule has 5 heteroatoms. The minimum Gasteiger partial charge on any atom is -0.363 e. The fourth-order valence-electron chi connectivity index (χ4n) is 3.16. The van der Waals surface area contributed by atoms with Crippen LogP contribution in [0.3, 0.4) is 0 Å². The molecule has 3 rings (SSSR count). The van der Waals surface area contributed by atoms with E-state index in [2.05, 4.69) is 22.4 Å². The van der Waals surface area contributed by atoms with Crippen molar-refractivity contribution < 1.29 is 4.92 Å². The van der Waals surface area contributed by atoms with E-state index in [1.54, 1.807) is 6.07 Å². The predicted molar refractivity (Wildman–Crippen MR) is 85.7 cm³/mol. The van der Waals surface area contributed by atoms with E-state index in [0.717, 1.165) is 0 Å². The first-order valence-corrected chi connectivity index (χ1v) is 7.66. The second-order valence-electron chi connectivity index (χ2n) is 5.74. The van der Waals surface area contributed by atoms with E-state index in [9.17, 15) is 10.1 Å². The van der Waals surface area contributed by atoms with Gasteiger partial charge in [-0.2, -0.15) is 0 Å². The molecule has 2 aromatic rings. The van der Waals surface area contributed by atoms with Crippen molar-refractivity contribution >= 4 is 11.5 Å². The largest absolute Gasteiger partial charge is 0.363 e. The maximum absolute atomic E-state index is 10.7. The lowest BCUT2D eigenvalue weighted by atomic mass is 9.91. The molecular formula is C17H19N3O2. The summed E-state index contributed by atoms with van der Waals surface area (Å²) in [5, 5.41) is 14.2. The molecule has 5 nitrogen and oxygen atoms in total. The number of hydrogen-bond donors (Lipinski definition) is 1. The lowest BCUT2D eigenvalue weighted by Gasteiger charge is -2.25. The first-order chi connectivity index (χ1) is 10.7. The van der Waals surface area contributed by atoms with Crippen molar-refractivity contribution in [1.29, 1.82) is 0 Å². The first-order valence-electron chi connectivity index (χ1n) is 7.66. The standard InChI is InChI=1S/C17H19N3O2/c21-20(22)15-10-11-16(18-12-15)19-17(14-8-4-5-9-14)13-6-2-1-3-7-13/h1-3,6-7,10-12,14,17H,4-5,8-9H2,(H,18,19). The van der Waals surface area contributed by atoms with Gasteiger partial charge >= 0.3 is 0 Å². The Bertz CT molecular complexity index is 622. The highest BCUT2D eigenvalue weighted by Crippen LogP contribution is 2.37. The van der Waals surface area contributed by atoms with Crippen molar-refractivity contribution in [2.24, 2.45) is 5.92 Å². The Hall–Kier alpha value is -2.43. The second-order valence-corrected chi connectivity index (χ2v) is 5.74. The highest BCUT2D eigenvalue weighted by atomic mass is 16.6. The molecule has 1 heterocycles. The Morgan fingerprint density at radius 3 is 2.45 bits per heavy atom. The molecule has 0 bridgehead atoms. The number of nitrogens with one attached hydrogen (secondary N) is 1. The van der Waals surface area contributed by atoms with Crippen LogP contribution in [-0.4, -0.2) is 9.91 Å². The molecule has 1 N–H and O–H groups in total. The van der Waals surface area contributed by atoms with Crippen LogP contribution in [0.15, 0.2) is 48.7 Å². The minimum atomic E-state index is -0.428. The molecule has 1 aliphatic rings. The number of rotatable bonds is 5. The van der Waals surface area contributed by atoms with E-state index < -0.39 is 4.92 Å². The molecule has 1 saturated carbocycles. The molecule has 0 saturated heterocycles. The average Bonchev–Trinajstić information content (AvgIpc) is 3.08. The molecule has 0 aliphatic heterocycles. The van der Waals surface area contributed by atoms with Gasteiger partial charge in [0, 0.05) is 6.07 Å². The Morgan fingerprint density at radius 1 is 1.14 bits per heavy atom. The zero-order valence-corrected chi connectivity index (χ0v) is 12.3. The molecule has 1 atom stereocenters. The van der Waals surface area contributed by atoms with Crippen molar-refractivity contribution in [2.75, 3.05) is 5.32 Å². The van der Waals surface area contributed by atoms with Gasteiger partial charge in [0.15, 0.2) is 0 Å². The monoisotopic (exact) mass is 297 g/mol. The third-order valence-electron chi connectivity index (χ3n) is 4.29. The molecule has 1 aromatic heterocycles. The van der Waals surface area contributed by atoms with Gasteiger partial charge in [-0.25, -0.2) is 4.98 Å². The van der Waals surface area contributed by atoms with Gasteiger partial charge < -0.3 is 5.32 Å². The number of aromatic nitrogens is 1. The Labute approximate surface area is 129 Å². The summed E-state index contributed by atoms with van der Waals surface area (Å²) in [4.78, 5) is 14.5. The summed E-state index contributed by atoms with van der Waals surface area (Å²) >= 11 is 0. The summed E-state index contributed by atoms with van der Waals surface area (Å²) in [7, 11) is 0. The normalized spacial score (nSPS) is 16.4. The number of hydrogen-bond acceptors (Lipinski definition) is 4. The van der Waals surface area contributed by atoms with Gasteiger partial charge in [0.05, 0.1) is 11.0 Å². The molecule has 1 fully saturated rings. The first kappa shape index (κ1) is 14.5. The summed E-state index contributed by atoms with van der Waals surface area (Å²) in [5.74, 6) is 1.27. The van der Waals surface area contributed by atoms with Gasteiger partial charge in [0.25, 0.3) is 5.69 Å². The van der Waals surface area contributed by atoms with Crippen molar-refractivity contribution in [3.63, 3.8) is 0 Å². The smallest absolute Gasteiger partial charge is 0.287 e. The molecule has 114 valence electrons. The van der Waals surface area contributed by atoms with Crippen molar-refractivity contribution in [3.05, 3.63) is 64.3 Å². The minimum absolute atomic E-state index is 0.0164. The number of anilines is 1. The fraction of sp³-hybridized carbons (Fsp3) is 0.353. The van der Waals surface area contributed by atoms with Crippen molar-refractivity contribution in [2.45, 2.75) is 31.7 Å². The molecule has 1 aliphatic carbocycles. The van der Waals surface area contributed by atoms with E-state index in [1.807, 2.05) is 18.2 Å². The van der Waals surface area contributed by atoms with Crippen LogP contribution >= 0.6 is 0 Å². The Balaban J connectivity index is 1.82. The molecule has 0 radical (unpaired) electrons. The van der Waals surface area contributed by atoms with Crippen molar-refractivity contribution in [3.8, 4) is 0 Å². The number of pyridine rings is 1. The van der Waals surface area contributed by atoms with Gasteiger partial charge in [-0.05, 0) is 30.4 Å². The van der Waals surface area contributed by atoms with Crippen LogP contribution in [0.4, 0.5) is 11.5 Å². The quantitative estimate of drug-likeness (QED) is 0.658. The lowest BCUT2D eigenvalue weighted by molar-refractivity contribution is -0.385. The van der Waals surface area contributed by atoms with Crippen LogP contribution in [0.5, 0.6) is 0 Å². The molecule has 1 unspecified atom stereocenters. The third-order valence-corrected chi connectivity index (χ3v) is 4.29. The van der Waals surface area contributed by atoms with Crippen LogP contribution in [0.2, 0.25) is 0 Å². The predicted octanol–water partition coefficient (Wildman–Crippen LogP) is 4.33. The maximum Gasteiger partial charge on any atom is 0.287 e. The number of nitrogens with zero attached hydrogens (tertiary/aromatic N) is 2. The number of nitro groups is 1. The Kier molecular flexibility index (Phi) is 4.32. The maximum atomic E-state index is 10.7. The van der Waals surface area contributed by atoms with Crippen LogP contribution in [-0.2, 0) is 0 Å². The summed E-state index contributed by atoms with van der Waals surface area (Å²) in [6, 6.07) is 13.7. The third kappa shape index (κ3) is 3.24.